The highest BCUT2D eigenvalue weighted by atomic mass is 79.9. The minimum Gasteiger partial charge on any atom is -0.493 e. The number of ketones is 1. The van der Waals surface area contributed by atoms with E-state index in [0.29, 0.717) is 12.2 Å². The van der Waals surface area contributed by atoms with Crippen molar-refractivity contribution in [2.75, 3.05) is 20.8 Å². The van der Waals surface area contributed by atoms with Crippen molar-refractivity contribution in [3.8, 4) is 11.5 Å². The van der Waals surface area contributed by atoms with Gasteiger partial charge >= 0.3 is 0 Å². The summed E-state index contributed by atoms with van der Waals surface area (Å²) in [4.78, 5) is 14.8. The smallest absolute Gasteiger partial charge is 0.162 e. The number of nitrogens with zero attached hydrogens (tertiary/aromatic N) is 1. The Morgan fingerprint density at radius 3 is 2.43 bits per heavy atom. The van der Waals surface area contributed by atoms with Crippen LogP contribution in [0, 0.1) is 0 Å². The number of allylic oxidation sites excluding steroid dienone is 1. The summed E-state index contributed by atoms with van der Waals surface area (Å²) in [6.45, 7) is 2.85. The molecule has 2 aromatic rings. The van der Waals surface area contributed by atoms with Gasteiger partial charge in [-0.2, -0.15) is 0 Å². The van der Waals surface area contributed by atoms with Crippen molar-refractivity contribution in [3.63, 3.8) is 0 Å². The Morgan fingerprint density at radius 2 is 1.79 bits per heavy atom. The van der Waals surface area contributed by atoms with Crippen LogP contribution in [0.15, 0.2) is 58.7 Å². The van der Waals surface area contributed by atoms with Crippen LogP contribution in [-0.4, -0.2) is 31.4 Å². The van der Waals surface area contributed by atoms with Crippen LogP contribution in [0.5, 0.6) is 11.5 Å². The van der Waals surface area contributed by atoms with E-state index in [0.717, 1.165) is 40.7 Å². The van der Waals surface area contributed by atoms with Crippen molar-refractivity contribution >= 4 is 21.7 Å². The molecule has 0 aromatic heterocycles. The van der Waals surface area contributed by atoms with E-state index in [1.807, 2.05) is 37.3 Å². The number of Topliss-reactive ketones (excluding diaryl/α,β-unsaturated/α-hetero) is 1. The Hall–Kier alpha value is -2.27. The molecule has 3 rings (SSSR count). The van der Waals surface area contributed by atoms with E-state index in [9.17, 15) is 4.79 Å². The lowest BCUT2D eigenvalue weighted by Crippen LogP contribution is -2.33. The zero-order chi connectivity index (χ0) is 20.1. The molecule has 1 heterocycles. The molecule has 1 unspecified atom stereocenters. The number of halogens is 1. The molecule has 0 fully saturated rings. The van der Waals surface area contributed by atoms with Crippen molar-refractivity contribution in [2.45, 2.75) is 32.2 Å². The highest BCUT2D eigenvalue weighted by Crippen LogP contribution is 2.35. The Bertz CT molecular complexity index is 864. The van der Waals surface area contributed by atoms with E-state index < -0.39 is 0 Å². The largest absolute Gasteiger partial charge is 0.493 e. The maximum absolute atomic E-state index is 12.5. The molecule has 4 nitrogen and oxygen atoms in total. The van der Waals surface area contributed by atoms with E-state index >= 15 is 0 Å². The van der Waals surface area contributed by atoms with Gasteiger partial charge in [-0.15, -0.1) is 0 Å². The summed E-state index contributed by atoms with van der Waals surface area (Å²) in [5.74, 6) is 1.68. The number of rotatable bonds is 7. The second kappa shape index (κ2) is 9.28. The Morgan fingerprint density at radius 1 is 1.11 bits per heavy atom. The summed E-state index contributed by atoms with van der Waals surface area (Å²) in [6, 6.07) is 14.3. The van der Waals surface area contributed by atoms with Crippen LogP contribution in [0.25, 0.3) is 0 Å². The molecule has 2 aromatic carbocycles. The van der Waals surface area contributed by atoms with Gasteiger partial charge in [-0.05, 0) is 36.1 Å². The number of hydrogen-bond acceptors (Lipinski definition) is 4. The fourth-order valence-electron chi connectivity index (χ4n) is 3.62. The SMILES string of the molecule is CCC1=CN(CCc2cc(OC)c(OC)cc2Br)C(c2ccccc2)CC1=O. The first-order chi connectivity index (χ1) is 13.6. The van der Waals surface area contributed by atoms with Crippen LogP contribution in [0.1, 0.15) is 36.9 Å². The van der Waals surface area contributed by atoms with Crippen molar-refractivity contribution in [1.29, 1.82) is 0 Å². The minimum absolute atomic E-state index is 0.0721. The molecule has 5 heteroatoms. The molecule has 0 bridgehead atoms. The molecular weight excluding hydrogens is 418 g/mol. The van der Waals surface area contributed by atoms with Gasteiger partial charge in [0.1, 0.15) is 0 Å². The summed E-state index contributed by atoms with van der Waals surface area (Å²) in [6.07, 6.45) is 4.16. The number of benzene rings is 2. The van der Waals surface area contributed by atoms with Crippen molar-refractivity contribution < 1.29 is 14.3 Å². The van der Waals surface area contributed by atoms with E-state index in [2.05, 4.69) is 39.2 Å². The lowest BCUT2D eigenvalue weighted by atomic mass is 9.92. The van der Waals surface area contributed by atoms with Crippen LogP contribution >= 0.6 is 15.9 Å². The van der Waals surface area contributed by atoms with Gasteiger partial charge in [0.25, 0.3) is 0 Å². The summed E-state index contributed by atoms with van der Waals surface area (Å²) in [5.41, 5.74) is 3.22. The Balaban J connectivity index is 1.86. The Kier molecular flexibility index (Phi) is 6.79. The molecule has 1 aliphatic heterocycles. The van der Waals surface area contributed by atoms with Gasteiger partial charge in [-0.25, -0.2) is 0 Å². The Labute approximate surface area is 175 Å². The van der Waals surface area contributed by atoms with Gasteiger partial charge < -0.3 is 14.4 Å². The maximum Gasteiger partial charge on any atom is 0.162 e. The van der Waals surface area contributed by atoms with E-state index in [1.165, 1.54) is 5.56 Å². The summed E-state index contributed by atoms with van der Waals surface area (Å²) in [5, 5.41) is 0. The number of methoxy groups -OCH3 is 2. The molecule has 1 atom stereocenters. The van der Waals surface area contributed by atoms with Gasteiger partial charge in [-0.1, -0.05) is 53.2 Å². The predicted octanol–water partition coefficient (Wildman–Crippen LogP) is 5.32. The number of hydrogen-bond donors (Lipinski definition) is 0. The number of carbonyl (C=O) groups excluding carboxylic acids is 1. The highest BCUT2D eigenvalue weighted by molar-refractivity contribution is 9.10. The average Bonchev–Trinajstić information content (AvgIpc) is 2.73. The zero-order valence-corrected chi connectivity index (χ0v) is 18.2. The second-order valence-corrected chi connectivity index (χ2v) is 7.70. The van der Waals surface area contributed by atoms with Crippen molar-refractivity contribution in [2.24, 2.45) is 0 Å². The predicted molar refractivity (Wildman–Crippen MR) is 115 cm³/mol. The standard InChI is InChI=1S/C23H26BrNO3/c1-4-16-15-25(20(14-21(16)26)17-8-6-5-7-9-17)11-10-18-12-22(27-2)23(28-3)13-19(18)24/h5-9,12-13,15,20H,4,10-11,14H2,1-3H3. The fraction of sp³-hybridized carbons (Fsp3) is 0.348. The van der Waals surface area contributed by atoms with Gasteiger partial charge in [0.2, 0.25) is 0 Å². The molecule has 0 saturated heterocycles. The first kappa shape index (κ1) is 20.5. The number of ether oxygens (including phenoxy) is 2. The van der Waals surface area contributed by atoms with Crippen molar-refractivity contribution in [3.05, 3.63) is 69.8 Å². The van der Waals surface area contributed by atoms with Crippen LogP contribution in [0.2, 0.25) is 0 Å². The van der Waals surface area contributed by atoms with Gasteiger partial charge in [0, 0.05) is 29.2 Å². The molecule has 28 heavy (non-hydrogen) atoms. The third-order valence-corrected chi connectivity index (χ3v) is 5.95. The molecule has 0 saturated carbocycles. The monoisotopic (exact) mass is 443 g/mol. The van der Waals surface area contributed by atoms with Gasteiger partial charge in [-0.3, -0.25) is 4.79 Å². The molecule has 1 aliphatic rings. The fourth-order valence-corrected chi connectivity index (χ4v) is 4.14. The maximum atomic E-state index is 12.5. The lowest BCUT2D eigenvalue weighted by Gasteiger charge is -2.35. The molecule has 0 spiro atoms. The molecular formula is C23H26BrNO3. The van der Waals surface area contributed by atoms with Crippen LogP contribution in [0.4, 0.5) is 0 Å². The average molecular weight is 444 g/mol. The second-order valence-electron chi connectivity index (χ2n) is 6.85. The molecule has 0 N–H and O–H groups in total. The summed E-state index contributed by atoms with van der Waals surface area (Å²) >= 11 is 3.65. The van der Waals surface area contributed by atoms with Crippen molar-refractivity contribution in [1.82, 2.24) is 4.90 Å². The molecule has 0 amide bonds. The third kappa shape index (κ3) is 4.41. The first-order valence-corrected chi connectivity index (χ1v) is 10.3. The van der Waals surface area contributed by atoms with Gasteiger partial charge in [0.15, 0.2) is 17.3 Å². The topological polar surface area (TPSA) is 38.8 Å². The van der Waals surface area contributed by atoms with E-state index in [4.69, 9.17) is 9.47 Å². The zero-order valence-electron chi connectivity index (χ0n) is 16.6. The summed E-state index contributed by atoms with van der Waals surface area (Å²) < 4.78 is 11.8. The van der Waals surface area contributed by atoms with Crippen LogP contribution in [-0.2, 0) is 11.2 Å². The normalized spacial score (nSPS) is 16.7. The number of carbonyl (C=O) groups is 1. The van der Waals surface area contributed by atoms with Crippen LogP contribution < -0.4 is 9.47 Å². The highest BCUT2D eigenvalue weighted by Gasteiger charge is 2.28. The third-order valence-electron chi connectivity index (χ3n) is 5.22. The molecule has 0 radical (unpaired) electrons. The molecule has 0 aliphatic carbocycles. The van der Waals surface area contributed by atoms with E-state index in [1.54, 1.807) is 14.2 Å². The lowest BCUT2D eigenvalue weighted by molar-refractivity contribution is -0.117. The van der Waals surface area contributed by atoms with E-state index in [-0.39, 0.29) is 11.8 Å². The first-order valence-electron chi connectivity index (χ1n) is 9.52. The van der Waals surface area contributed by atoms with Gasteiger partial charge in [0.05, 0.1) is 20.3 Å². The quantitative estimate of drug-likeness (QED) is 0.580. The summed E-state index contributed by atoms with van der Waals surface area (Å²) in [7, 11) is 3.28. The van der Waals surface area contributed by atoms with Crippen LogP contribution in [0.3, 0.4) is 0 Å². The minimum atomic E-state index is 0.0721. The molecule has 148 valence electrons.